The largest absolute Gasteiger partial charge is 0.303 e. The molecule has 21 heavy (non-hydrogen) atoms. The van der Waals surface area contributed by atoms with E-state index in [1.807, 2.05) is 0 Å². The molecule has 0 radical (unpaired) electrons. The Morgan fingerprint density at radius 3 is 2.33 bits per heavy atom. The van der Waals surface area contributed by atoms with Gasteiger partial charge in [0.25, 0.3) is 0 Å². The van der Waals surface area contributed by atoms with Crippen LogP contribution in [0.15, 0.2) is 0 Å². The highest BCUT2D eigenvalue weighted by Gasteiger charge is 2.28. The average Bonchev–Trinajstić information content (AvgIpc) is 2.74. The summed E-state index contributed by atoms with van der Waals surface area (Å²) in [4.78, 5) is 2.54. The molecule has 1 aliphatic rings. The van der Waals surface area contributed by atoms with Gasteiger partial charge in [0.05, 0.1) is 6.07 Å². The maximum absolute atomic E-state index is 9.55. The molecule has 1 rings (SSSR count). The molecule has 1 fully saturated rings. The van der Waals surface area contributed by atoms with Crippen molar-refractivity contribution in [2.45, 2.75) is 96.2 Å². The van der Waals surface area contributed by atoms with Crippen molar-refractivity contribution in [3.8, 4) is 6.07 Å². The van der Waals surface area contributed by atoms with E-state index in [1.54, 1.807) is 0 Å². The van der Waals surface area contributed by atoms with Crippen LogP contribution in [0.2, 0.25) is 0 Å². The van der Waals surface area contributed by atoms with E-state index in [0.29, 0.717) is 6.04 Å². The number of nitrogens with one attached hydrogen (secondary N) is 1. The summed E-state index contributed by atoms with van der Waals surface area (Å²) in [5, 5.41) is 13.0. The molecule has 0 aromatic rings. The van der Waals surface area contributed by atoms with Gasteiger partial charge in [0, 0.05) is 12.1 Å². The van der Waals surface area contributed by atoms with E-state index >= 15 is 0 Å². The van der Waals surface area contributed by atoms with E-state index in [1.165, 1.54) is 38.5 Å². The minimum atomic E-state index is -0.335. The van der Waals surface area contributed by atoms with Crippen LogP contribution in [-0.4, -0.2) is 36.1 Å². The first-order chi connectivity index (χ1) is 10.0. The van der Waals surface area contributed by atoms with Gasteiger partial charge in [0.15, 0.2) is 0 Å². The van der Waals surface area contributed by atoms with Crippen LogP contribution >= 0.6 is 0 Å². The number of nitriles is 1. The zero-order chi connectivity index (χ0) is 15.7. The van der Waals surface area contributed by atoms with E-state index in [0.717, 1.165) is 31.8 Å². The monoisotopic (exact) mass is 293 g/mol. The van der Waals surface area contributed by atoms with Gasteiger partial charge in [-0.05, 0) is 59.5 Å². The fourth-order valence-electron chi connectivity index (χ4n) is 3.58. The molecule has 3 nitrogen and oxygen atoms in total. The predicted molar refractivity (Wildman–Crippen MR) is 90.3 cm³/mol. The minimum absolute atomic E-state index is 0.335. The van der Waals surface area contributed by atoms with Crippen molar-refractivity contribution in [3.05, 3.63) is 0 Å². The molecule has 1 aliphatic carbocycles. The highest BCUT2D eigenvalue weighted by atomic mass is 15.1. The maximum Gasteiger partial charge on any atom is 0.106 e. The molecule has 1 saturated carbocycles. The Morgan fingerprint density at radius 1 is 1.24 bits per heavy atom. The molecule has 0 aliphatic heterocycles. The van der Waals surface area contributed by atoms with Crippen molar-refractivity contribution < 1.29 is 0 Å². The van der Waals surface area contributed by atoms with E-state index in [2.05, 4.69) is 44.1 Å². The fraction of sp³-hybridized carbons (Fsp3) is 0.944. The molecule has 0 aromatic carbocycles. The summed E-state index contributed by atoms with van der Waals surface area (Å²) < 4.78 is 0. The Labute approximate surface area is 132 Å². The zero-order valence-corrected chi connectivity index (χ0v) is 14.6. The number of hydrogen-bond acceptors (Lipinski definition) is 3. The zero-order valence-electron chi connectivity index (χ0n) is 14.6. The van der Waals surface area contributed by atoms with Crippen LogP contribution in [0.3, 0.4) is 0 Å². The molecular weight excluding hydrogens is 258 g/mol. The Balaban J connectivity index is 2.40. The van der Waals surface area contributed by atoms with Crippen molar-refractivity contribution in [1.29, 1.82) is 5.26 Å². The molecule has 0 saturated heterocycles. The number of rotatable bonds is 8. The maximum atomic E-state index is 9.55. The molecule has 0 amide bonds. The van der Waals surface area contributed by atoms with Gasteiger partial charge in [0.1, 0.15) is 5.54 Å². The van der Waals surface area contributed by atoms with E-state index in [9.17, 15) is 5.26 Å². The molecule has 0 bridgehead atoms. The van der Waals surface area contributed by atoms with Gasteiger partial charge in [-0.2, -0.15) is 5.26 Å². The molecule has 3 heteroatoms. The van der Waals surface area contributed by atoms with Gasteiger partial charge in [-0.25, -0.2) is 0 Å². The molecule has 1 N–H and O–H groups in total. The van der Waals surface area contributed by atoms with Crippen LogP contribution in [0, 0.1) is 11.3 Å². The van der Waals surface area contributed by atoms with Crippen molar-refractivity contribution in [2.75, 3.05) is 13.6 Å². The van der Waals surface area contributed by atoms with Gasteiger partial charge in [-0.1, -0.05) is 32.6 Å². The quantitative estimate of drug-likeness (QED) is 0.685. The summed E-state index contributed by atoms with van der Waals surface area (Å²) in [7, 11) is 2.27. The molecule has 0 spiro atoms. The number of hydrogen-bond donors (Lipinski definition) is 1. The summed E-state index contributed by atoms with van der Waals surface area (Å²) in [5.74, 6) is 0. The normalized spacial score (nSPS) is 20.2. The number of nitrogens with zero attached hydrogens (tertiary/aromatic N) is 2. The minimum Gasteiger partial charge on any atom is -0.303 e. The standard InChI is InChI=1S/C18H35N3/c1-5-18(15-19,20-16(2)3)13-10-14-21(4)17-11-8-6-7-9-12-17/h16-17,20H,5-14H2,1-4H3. The first-order valence-electron chi connectivity index (χ1n) is 8.92. The van der Waals surface area contributed by atoms with Crippen LogP contribution in [0.1, 0.15) is 78.6 Å². The van der Waals surface area contributed by atoms with Crippen LogP contribution < -0.4 is 5.32 Å². The first-order valence-corrected chi connectivity index (χ1v) is 8.92. The van der Waals surface area contributed by atoms with Crippen LogP contribution in [0.25, 0.3) is 0 Å². The van der Waals surface area contributed by atoms with Gasteiger partial charge in [-0.3, -0.25) is 5.32 Å². The second-order valence-corrected chi connectivity index (χ2v) is 7.08. The Kier molecular flexibility index (Phi) is 8.29. The van der Waals surface area contributed by atoms with E-state index < -0.39 is 0 Å². The molecule has 0 heterocycles. The van der Waals surface area contributed by atoms with Crippen LogP contribution in [0.4, 0.5) is 0 Å². The van der Waals surface area contributed by atoms with Crippen LogP contribution in [-0.2, 0) is 0 Å². The van der Waals surface area contributed by atoms with E-state index in [4.69, 9.17) is 0 Å². The lowest BCUT2D eigenvalue weighted by atomic mass is 9.91. The highest BCUT2D eigenvalue weighted by molar-refractivity contribution is 5.06. The summed E-state index contributed by atoms with van der Waals surface area (Å²) in [6.45, 7) is 7.49. The molecule has 1 atom stereocenters. The highest BCUT2D eigenvalue weighted by Crippen LogP contribution is 2.23. The summed E-state index contributed by atoms with van der Waals surface area (Å²) in [6.07, 6.45) is 11.3. The second-order valence-electron chi connectivity index (χ2n) is 7.08. The lowest BCUT2D eigenvalue weighted by molar-refractivity contribution is 0.207. The van der Waals surface area contributed by atoms with Gasteiger partial charge in [-0.15, -0.1) is 0 Å². The third-order valence-corrected chi connectivity index (χ3v) is 4.94. The van der Waals surface area contributed by atoms with Gasteiger partial charge >= 0.3 is 0 Å². The summed E-state index contributed by atoms with van der Waals surface area (Å²) in [6, 6.07) is 3.66. The predicted octanol–water partition coefficient (Wildman–Crippen LogP) is 4.09. The average molecular weight is 293 g/mol. The van der Waals surface area contributed by atoms with Crippen molar-refractivity contribution in [3.63, 3.8) is 0 Å². The summed E-state index contributed by atoms with van der Waals surface area (Å²) >= 11 is 0. The smallest absolute Gasteiger partial charge is 0.106 e. The molecule has 122 valence electrons. The Morgan fingerprint density at radius 2 is 1.86 bits per heavy atom. The van der Waals surface area contributed by atoms with Crippen molar-refractivity contribution in [2.24, 2.45) is 0 Å². The fourth-order valence-corrected chi connectivity index (χ4v) is 3.58. The molecule has 0 aromatic heterocycles. The topological polar surface area (TPSA) is 39.1 Å². The third-order valence-electron chi connectivity index (χ3n) is 4.94. The van der Waals surface area contributed by atoms with Gasteiger partial charge in [0.2, 0.25) is 0 Å². The first kappa shape index (κ1) is 18.5. The lowest BCUT2D eigenvalue weighted by Crippen LogP contribution is -2.47. The second kappa shape index (κ2) is 9.43. The van der Waals surface area contributed by atoms with Crippen molar-refractivity contribution in [1.82, 2.24) is 10.2 Å². The molecular formula is C18H35N3. The van der Waals surface area contributed by atoms with Crippen LogP contribution in [0.5, 0.6) is 0 Å². The third kappa shape index (κ3) is 6.36. The SMILES string of the molecule is CCC(C#N)(CCCN(C)C1CCCCCC1)NC(C)C. The van der Waals surface area contributed by atoms with E-state index in [-0.39, 0.29) is 5.54 Å². The molecule has 1 unspecified atom stereocenters. The van der Waals surface area contributed by atoms with Crippen molar-refractivity contribution >= 4 is 0 Å². The summed E-state index contributed by atoms with van der Waals surface area (Å²) in [5.41, 5.74) is -0.335. The van der Waals surface area contributed by atoms with Gasteiger partial charge < -0.3 is 4.90 Å². The lowest BCUT2D eigenvalue weighted by Gasteiger charge is -2.31. The Hall–Kier alpha value is -0.590. The Bertz CT molecular complexity index is 313.